The molecule has 5 nitrogen and oxygen atoms in total. The van der Waals surface area contributed by atoms with Crippen LogP contribution in [0.2, 0.25) is 0 Å². The van der Waals surface area contributed by atoms with Gasteiger partial charge in [-0.2, -0.15) is 0 Å². The van der Waals surface area contributed by atoms with E-state index in [1.807, 2.05) is 31.2 Å². The molecule has 6 heteroatoms. The van der Waals surface area contributed by atoms with Gasteiger partial charge in [0.15, 0.2) is 0 Å². The lowest BCUT2D eigenvalue weighted by molar-refractivity contribution is -0.384. The van der Waals surface area contributed by atoms with Crippen molar-refractivity contribution in [2.24, 2.45) is 5.92 Å². The van der Waals surface area contributed by atoms with Gasteiger partial charge in [0, 0.05) is 10.4 Å². The van der Waals surface area contributed by atoms with E-state index >= 15 is 0 Å². The minimum atomic E-state index is -0.329. The monoisotopic (exact) mass is 414 g/mol. The molecule has 0 fully saturated rings. The van der Waals surface area contributed by atoms with Crippen molar-refractivity contribution in [1.82, 2.24) is 0 Å². The van der Waals surface area contributed by atoms with E-state index in [9.17, 15) is 10.1 Å². The van der Waals surface area contributed by atoms with Gasteiger partial charge in [-0.15, -0.1) is 0 Å². The van der Waals surface area contributed by atoms with Crippen LogP contribution in [0.25, 0.3) is 0 Å². The predicted molar refractivity (Wildman–Crippen MR) is 105 cm³/mol. The van der Waals surface area contributed by atoms with Crippen molar-refractivity contribution < 1.29 is 9.66 Å². The largest absolute Gasteiger partial charge is 0.494 e. The molecule has 0 saturated heterocycles. The van der Waals surface area contributed by atoms with Gasteiger partial charge in [0.05, 0.1) is 23.6 Å². The average Bonchev–Trinajstić information content (AvgIpc) is 3.11. The summed E-state index contributed by atoms with van der Waals surface area (Å²) in [5.41, 5.74) is 2.75. The van der Waals surface area contributed by atoms with Gasteiger partial charge in [-0.1, -0.05) is 46.3 Å². The molecule has 0 aromatic heterocycles. The molecule has 134 valence electrons. The second-order valence-corrected chi connectivity index (χ2v) is 7.45. The number of fused-ring (bicyclic) bond motifs is 3. The van der Waals surface area contributed by atoms with E-state index in [1.165, 1.54) is 6.07 Å². The zero-order valence-corrected chi connectivity index (χ0v) is 15.9. The lowest BCUT2D eigenvalue weighted by Gasteiger charge is -2.37. The van der Waals surface area contributed by atoms with Crippen molar-refractivity contribution in [2.45, 2.75) is 25.3 Å². The first-order valence-corrected chi connectivity index (χ1v) is 9.52. The second-order valence-electron chi connectivity index (χ2n) is 6.59. The van der Waals surface area contributed by atoms with Crippen LogP contribution in [0.4, 0.5) is 11.4 Å². The molecule has 1 N–H and O–H groups in total. The average molecular weight is 415 g/mol. The Kier molecular flexibility index (Phi) is 4.44. The van der Waals surface area contributed by atoms with Gasteiger partial charge in [-0.05, 0) is 42.5 Å². The zero-order valence-electron chi connectivity index (χ0n) is 14.3. The summed E-state index contributed by atoms with van der Waals surface area (Å²) in [7, 11) is 0. The standard InChI is InChI=1S/C20H19BrN2O3/c1-2-26-12-10-16-13-7-5-8-14(13)19(15-6-3-4-9-17(15)21)22-20(16)18(11-12)23(24)25/h3-7,9-11,13-14,19,22H,2,8H2,1H3/t13-,14+,19-/m1/s1. The van der Waals surface area contributed by atoms with E-state index in [2.05, 4.69) is 39.5 Å². The van der Waals surface area contributed by atoms with E-state index in [1.54, 1.807) is 0 Å². The molecule has 0 amide bonds. The maximum absolute atomic E-state index is 11.7. The van der Waals surface area contributed by atoms with Crippen LogP contribution in [0.15, 0.2) is 53.0 Å². The highest BCUT2D eigenvalue weighted by Crippen LogP contribution is 2.53. The Hall–Kier alpha value is -2.34. The normalized spacial score (nSPS) is 23.1. The van der Waals surface area contributed by atoms with Crippen molar-refractivity contribution in [3.63, 3.8) is 0 Å². The van der Waals surface area contributed by atoms with Gasteiger partial charge in [-0.3, -0.25) is 10.1 Å². The molecule has 3 atom stereocenters. The van der Waals surface area contributed by atoms with Crippen molar-refractivity contribution in [3.05, 3.63) is 74.3 Å². The third kappa shape index (κ3) is 2.78. The Labute approximate surface area is 160 Å². The summed E-state index contributed by atoms with van der Waals surface area (Å²) in [5.74, 6) is 1.01. The highest BCUT2D eigenvalue weighted by atomic mass is 79.9. The molecular weight excluding hydrogens is 396 g/mol. The number of nitrogens with zero attached hydrogens (tertiary/aromatic N) is 1. The molecule has 2 aromatic rings. The summed E-state index contributed by atoms with van der Waals surface area (Å²) in [6.07, 6.45) is 5.29. The Morgan fingerprint density at radius 3 is 2.85 bits per heavy atom. The van der Waals surface area contributed by atoms with Crippen molar-refractivity contribution in [2.75, 3.05) is 11.9 Å². The summed E-state index contributed by atoms with van der Waals surface area (Å²) in [6.45, 7) is 2.36. The number of nitro groups is 1. The fraction of sp³-hybridized carbons (Fsp3) is 0.300. The van der Waals surface area contributed by atoms with Crippen LogP contribution in [0, 0.1) is 16.0 Å². The quantitative estimate of drug-likeness (QED) is 0.402. The van der Waals surface area contributed by atoms with Crippen LogP contribution in [-0.4, -0.2) is 11.5 Å². The smallest absolute Gasteiger partial charge is 0.296 e. The Balaban J connectivity index is 1.87. The molecule has 4 rings (SSSR count). The molecule has 2 aromatic carbocycles. The van der Waals surface area contributed by atoms with Gasteiger partial charge in [0.2, 0.25) is 0 Å². The molecular formula is C20H19BrN2O3. The van der Waals surface area contributed by atoms with E-state index in [0.29, 0.717) is 24.0 Å². The summed E-state index contributed by atoms with van der Waals surface area (Å²) >= 11 is 3.63. The number of allylic oxidation sites excluding steroid dienone is 2. The molecule has 26 heavy (non-hydrogen) atoms. The number of halogens is 1. The van der Waals surface area contributed by atoms with Crippen molar-refractivity contribution >= 4 is 27.3 Å². The Morgan fingerprint density at radius 2 is 2.12 bits per heavy atom. The van der Waals surface area contributed by atoms with E-state index in [-0.39, 0.29) is 22.6 Å². The first kappa shape index (κ1) is 17.1. The molecule has 0 spiro atoms. The van der Waals surface area contributed by atoms with Crippen LogP contribution in [0.1, 0.15) is 36.4 Å². The first-order chi connectivity index (χ1) is 12.6. The molecule has 0 bridgehead atoms. The molecule has 0 saturated carbocycles. The summed E-state index contributed by atoms with van der Waals surface area (Å²) < 4.78 is 6.59. The van der Waals surface area contributed by atoms with Crippen LogP contribution >= 0.6 is 15.9 Å². The lowest BCUT2D eigenvalue weighted by atomic mass is 9.76. The third-order valence-electron chi connectivity index (χ3n) is 5.17. The van der Waals surface area contributed by atoms with Crippen molar-refractivity contribution in [3.8, 4) is 5.75 Å². The van der Waals surface area contributed by atoms with Crippen molar-refractivity contribution in [1.29, 1.82) is 0 Å². The zero-order chi connectivity index (χ0) is 18.3. The number of hydrogen-bond acceptors (Lipinski definition) is 4. The van der Waals surface area contributed by atoms with Crippen LogP contribution in [0.5, 0.6) is 5.75 Å². The number of ether oxygens (including phenoxy) is 1. The topological polar surface area (TPSA) is 64.4 Å². The molecule has 1 aliphatic heterocycles. The van der Waals surface area contributed by atoms with Gasteiger partial charge >= 0.3 is 0 Å². The number of benzene rings is 2. The second kappa shape index (κ2) is 6.76. The molecule has 0 unspecified atom stereocenters. The third-order valence-corrected chi connectivity index (χ3v) is 5.89. The van der Waals surface area contributed by atoms with Gasteiger partial charge < -0.3 is 10.1 Å². The number of nitro benzene ring substituents is 1. The fourth-order valence-corrected chi connectivity index (χ4v) is 4.62. The maximum atomic E-state index is 11.7. The number of nitrogens with one attached hydrogen (secondary N) is 1. The van der Waals surface area contributed by atoms with Crippen LogP contribution in [-0.2, 0) is 0 Å². The fourth-order valence-electron chi connectivity index (χ4n) is 4.08. The number of anilines is 1. The SMILES string of the molecule is CCOc1cc2c(c([N+](=O)[O-])c1)N[C@@H](c1ccccc1Br)[C@H]1CC=C[C@@H]21. The number of hydrogen-bond donors (Lipinski definition) is 1. The van der Waals surface area contributed by atoms with Gasteiger partial charge in [-0.25, -0.2) is 0 Å². The van der Waals surface area contributed by atoms with E-state index < -0.39 is 0 Å². The highest BCUT2D eigenvalue weighted by Gasteiger charge is 2.41. The minimum absolute atomic E-state index is 0.00900. The van der Waals surface area contributed by atoms with Gasteiger partial charge in [0.1, 0.15) is 11.4 Å². The van der Waals surface area contributed by atoms with Gasteiger partial charge in [0.25, 0.3) is 5.69 Å². The summed E-state index contributed by atoms with van der Waals surface area (Å²) in [5, 5.41) is 15.2. The molecule has 2 aliphatic rings. The molecule has 1 heterocycles. The summed E-state index contributed by atoms with van der Waals surface area (Å²) in [4.78, 5) is 11.4. The Morgan fingerprint density at radius 1 is 1.31 bits per heavy atom. The Bertz CT molecular complexity index is 897. The van der Waals surface area contributed by atoms with E-state index in [0.717, 1.165) is 22.0 Å². The minimum Gasteiger partial charge on any atom is -0.494 e. The summed E-state index contributed by atoms with van der Waals surface area (Å²) in [6, 6.07) is 11.5. The highest BCUT2D eigenvalue weighted by molar-refractivity contribution is 9.10. The predicted octanol–water partition coefficient (Wildman–Crippen LogP) is 5.58. The first-order valence-electron chi connectivity index (χ1n) is 8.73. The van der Waals surface area contributed by atoms with E-state index in [4.69, 9.17) is 4.74 Å². The van der Waals surface area contributed by atoms with Crippen LogP contribution in [0.3, 0.4) is 0 Å². The lowest BCUT2D eigenvalue weighted by Crippen LogP contribution is -2.30. The molecule has 1 aliphatic carbocycles. The number of rotatable bonds is 4. The molecule has 0 radical (unpaired) electrons. The van der Waals surface area contributed by atoms with Crippen LogP contribution < -0.4 is 10.1 Å². The maximum Gasteiger partial charge on any atom is 0.296 e.